The number of aromatic nitrogens is 7. The number of benzene rings is 1. The number of nitrogens with zero attached hydrogens (tertiary/aromatic N) is 7. The zero-order valence-corrected chi connectivity index (χ0v) is 13.3. The minimum atomic E-state index is -0.505. The van der Waals surface area contributed by atoms with Crippen LogP contribution in [0.4, 0.5) is 0 Å². The molecule has 26 heavy (non-hydrogen) atoms. The third-order valence-corrected chi connectivity index (χ3v) is 3.43. The maximum Gasteiger partial charge on any atom is 0.338 e. The molecule has 0 aliphatic carbocycles. The number of esters is 1. The highest BCUT2D eigenvalue weighted by molar-refractivity contribution is 5.89. The van der Waals surface area contributed by atoms with Crippen molar-refractivity contribution >= 4 is 5.97 Å². The van der Waals surface area contributed by atoms with Crippen molar-refractivity contribution < 1.29 is 14.1 Å². The molecule has 0 spiro atoms. The summed E-state index contributed by atoms with van der Waals surface area (Å²) in [6.07, 6.45) is 4.73. The number of carbonyl (C=O) groups is 1. The zero-order chi connectivity index (χ0) is 17.8. The van der Waals surface area contributed by atoms with Crippen LogP contribution in [-0.2, 0) is 11.3 Å². The summed E-state index contributed by atoms with van der Waals surface area (Å²) in [4.78, 5) is 20.3. The van der Waals surface area contributed by atoms with Crippen molar-refractivity contribution in [3.8, 4) is 17.1 Å². The fraction of sp³-hybridized carbons (Fsp3) is 0.0625. The van der Waals surface area contributed by atoms with Crippen molar-refractivity contribution in [2.75, 3.05) is 0 Å². The van der Waals surface area contributed by atoms with E-state index in [1.54, 1.807) is 48.8 Å². The van der Waals surface area contributed by atoms with Crippen LogP contribution < -0.4 is 0 Å². The quantitative estimate of drug-likeness (QED) is 0.493. The summed E-state index contributed by atoms with van der Waals surface area (Å²) in [5.74, 6) is 0.0758. The van der Waals surface area contributed by atoms with Crippen molar-refractivity contribution in [2.24, 2.45) is 0 Å². The molecular weight excluding hydrogens is 338 g/mol. The maximum absolute atomic E-state index is 12.1. The van der Waals surface area contributed by atoms with Gasteiger partial charge in [0.1, 0.15) is 6.33 Å². The average Bonchev–Trinajstić information content (AvgIpc) is 3.39. The summed E-state index contributed by atoms with van der Waals surface area (Å²) >= 11 is 0. The van der Waals surface area contributed by atoms with Gasteiger partial charge in [-0.1, -0.05) is 5.16 Å². The Balaban J connectivity index is 1.39. The van der Waals surface area contributed by atoms with Crippen molar-refractivity contribution in [2.45, 2.75) is 6.61 Å². The lowest BCUT2D eigenvalue weighted by atomic mass is 10.2. The van der Waals surface area contributed by atoms with Gasteiger partial charge in [0.05, 0.1) is 11.3 Å². The first kappa shape index (κ1) is 15.6. The molecule has 0 aliphatic rings. The second kappa shape index (κ2) is 6.89. The Morgan fingerprint density at radius 3 is 2.81 bits per heavy atom. The van der Waals surface area contributed by atoms with Crippen LogP contribution in [0.2, 0.25) is 0 Å². The number of rotatable bonds is 5. The van der Waals surface area contributed by atoms with Gasteiger partial charge in [0.15, 0.2) is 6.61 Å². The number of tetrazole rings is 1. The van der Waals surface area contributed by atoms with Gasteiger partial charge in [-0.2, -0.15) is 4.98 Å². The third kappa shape index (κ3) is 3.29. The Morgan fingerprint density at radius 1 is 1.19 bits per heavy atom. The van der Waals surface area contributed by atoms with Crippen LogP contribution in [-0.4, -0.2) is 41.3 Å². The van der Waals surface area contributed by atoms with Gasteiger partial charge in [0.2, 0.25) is 5.82 Å². The molecule has 0 radical (unpaired) electrons. The fourth-order valence-electron chi connectivity index (χ4n) is 2.17. The molecule has 0 atom stereocenters. The van der Waals surface area contributed by atoms with Crippen LogP contribution in [0.1, 0.15) is 16.2 Å². The number of ether oxygens (including phenoxy) is 1. The van der Waals surface area contributed by atoms with Gasteiger partial charge in [0, 0.05) is 18.0 Å². The van der Waals surface area contributed by atoms with Gasteiger partial charge < -0.3 is 9.26 Å². The Labute approximate surface area is 146 Å². The van der Waals surface area contributed by atoms with E-state index < -0.39 is 5.97 Å². The number of hydrogen-bond acceptors (Lipinski definition) is 9. The van der Waals surface area contributed by atoms with E-state index in [0.29, 0.717) is 17.0 Å². The Morgan fingerprint density at radius 2 is 2.08 bits per heavy atom. The van der Waals surface area contributed by atoms with Crippen LogP contribution in [0.15, 0.2) is 59.6 Å². The summed E-state index contributed by atoms with van der Waals surface area (Å²) in [5, 5.41) is 14.7. The highest BCUT2D eigenvalue weighted by Crippen LogP contribution is 2.15. The molecular formula is C16H11N7O3. The molecule has 3 aromatic heterocycles. The second-order valence-corrected chi connectivity index (χ2v) is 5.13. The summed E-state index contributed by atoms with van der Waals surface area (Å²) in [6.45, 7) is -0.124. The van der Waals surface area contributed by atoms with Gasteiger partial charge in [0.25, 0.3) is 5.89 Å². The molecule has 3 heterocycles. The standard InChI is InChI=1S/C16H11N7O3/c24-16(11-3-5-13(6-4-11)23-10-18-21-22-23)25-9-14-19-15(20-26-14)12-2-1-7-17-8-12/h1-8,10H,9H2. The molecule has 10 heteroatoms. The van der Waals surface area contributed by atoms with Crippen LogP contribution in [0.5, 0.6) is 0 Å². The lowest BCUT2D eigenvalue weighted by molar-refractivity contribution is 0.0430. The summed E-state index contributed by atoms with van der Waals surface area (Å²) in [7, 11) is 0. The number of carbonyl (C=O) groups excluding carboxylic acids is 1. The van der Waals surface area contributed by atoms with Crippen molar-refractivity contribution in [3.05, 3.63) is 66.6 Å². The molecule has 0 amide bonds. The normalized spacial score (nSPS) is 10.6. The minimum Gasteiger partial charge on any atom is -0.452 e. The Bertz CT molecular complexity index is 998. The first-order chi connectivity index (χ1) is 12.8. The molecule has 128 valence electrons. The van der Waals surface area contributed by atoms with E-state index in [1.807, 2.05) is 0 Å². The van der Waals surface area contributed by atoms with E-state index in [0.717, 1.165) is 5.69 Å². The molecule has 0 fully saturated rings. The molecule has 4 aromatic rings. The highest BCUT2D eigenvalue weighted by atomic mass is 16.6. The minimum absolute atomic E-state index is 0.124. The zero-order valence-electron chi connectivity index (χ0n) is 13.3. The number of pyridine rings is 1. The molecule has 10 nitrogen and oxygen atoms in total. The Hall–Kier alpha value is -3.95. The number of hydrogen-bond donors (Lipinski definition) is 0. The molecule has 1 aromatic carbocycles. The summed E-state index contributed by atoms with van der Waals surface area (Å²) in [6, 6.07) is 10.2. The third-order valence-electron chi connectivity index (χ3n) is 3.43. The van der Waals surface area contributed by atoms with E-state index in [9.17, 15) is 4.79 Å². The van der Waals surface area contributed by atoms with Crippen molar-refractivity contribution in [1.29, 1.82) is 0 Å². The molecule has 0 aliphatic heterocycles. The Kier molecular flexibility index (Phi) is 4.13. The van der Waals surface area contributed by atoms with Gasteiger partial charge in [-0.25, -0.2) is 9.48 Å². The van der Waals surface area contributed by atoms with E-state index >= 15 is 0 Å². The highest BCUT2D eigenvalue weighted by Gasteiger charge is 2.13. The van der Waals surface area contributed by atoms with E-state index in [-0.39, 0.29) is 12.5 Å². The van der Waals surface area contributed by atoms with Crippen LogP contribution >= 0.6 is 0 Å². The van der Waals surface area contributed by atoms with Crippen LogP contribution in [0.25, 0.3) is 17.1 Å². The van der Waals surface area contributed by atoms with Gasteiger partial charge in [-0.3, -0.25) is 4.98 Å². The predicted molar refractivity (Wildman–Crippen MR) is 85.8 cm³/mol. The molecule has 0 bridgehead atoms. The van der Waals surface area contributed by atoms with Gasteiger partial charge in [-0.05, 0) is 46.8 Å². The maximum atomic E-state index is 12.1. The summed E-state index contributed by atoms with van der Waals surface area (Å²) in [5.41, 5.74) is 1.82. The first-order valence-corrected chi connectivity index (χ1v) is 7.53. The molecule has 0 saturated carbocycles. The molecule has 0 unspecified atom stereocenters. The van der Waals surface area contributed by atoms with E-state index in [2.05, 4.69) is 30.7 Å². The molecule has 0 saturated heterocycles. The monoisotopic (exact) mass is 349 g/mol. The van der Waals surface area contributed by atoms with Crippen LogP contribution in [0, 0.1) is 0 Å². The van der Waals surface area contributed by atoms with Crippen LogP contribution in [0.3, 0.4) is 0 Å². The smallest absolute Gasteiger partial charge is 0.338 e. The van der Waals surface area contributed by atoms with Crippen molar-refractivity contribution in [3.63, 3.8) is 0 Å². The predicted octanol–water partition coefficient (Wildman–Crippen LogP) is 1.46. The van der Waals surface area contributed by atoms with Gasteiger partial charge >= 0.3 is 5.97 Å². The molecule has 4 rings (SSSR count). The molecule has 0 N–H and O–H groups in total. The van der Waals surface area contributed by atoms with Crippen molar-refractivity contribution in [1.82, 2.24) is 35.3 Å². The SMILES string of the molecule is O=C(OCc1nc(-c2cccnc2)no1)c1ccc(-n2cnnn2)cc1. The summed E-state index contributed by atoms with van der Waals surface area (Å²) < 4.78 is 11.8. The van der Waals surface area contributed by atoms with E-state index in [4.69, 9.17) is 9.26 Å². The first-order valence-electron chi connectivity index (χ1n) is 7.53. The topological polar surface area (TPSA) is 122 Å². The second-order valence-electron chi connectivity index (χ2n) is 5.13. The lowest BCUT2D eigenvalue weighted by Gasteiger charge is -2.03. The average molecular weight is 349 g/mol. The fourth-order valence-corrected chi connectivity index (χ4v) is 2.17. The lowest BCUT2D eigenvalue weighted by Crippen LogP contribution is -2.06. The van der Waals surface area contributed by atoms with E-state index in [1.165, 1.54) is 11.0 Å². The largest absolute Gasteiger partial charge is 0.452 e. The van der Waals surface area contributed by atoms with Gasteiger partial charge in [-0.15, -0.1) is 5.10 Å².